The Bertz CT molecular complexity index is 948. The van der Waals surface area contributed by atoms with Crippen LogP contribution in [0, 0.1) is 11.3 Å². The van der Waals surface area contributed by atoms with E-state index in [1.165, 1.54) is 5.56 Å². The Balaban J connectivity index is 2.00. The molecule has 0 aliphatic carbocycles. The first kappa shape index (κ1) is 21.7. The Morgan fingerprint density at radius 1 is 0.833 bits per heavy atom. The van der Waals surface area contributed by atoms with Gasteiger partial charge in [0.15, 0.2) is 0 Å². The highest BCUT2D eigenvalue weighted by Gasteiger charge is 2.36. The van der Waals surface area contributed by atoms with Gasteiger partial charge in [-0.2, -0.15) is 5.26 Å². The van der Waals surface area contributed by atoms with Gasteiger partial charge < -0.3 is 0 Å². The van der Waals surface area contributed by atoms with E-state index in [9.17, 15) is 5.26 Å². The molecule has 0 N–H and O–H groups in total. The number of benzene rings is 2. The molecule has 3 nitrogen and oxygen atoms in total. The lowest BCUT2D eigenvalue weighted by atomic mass is 9.75. The van der Waals surface area contributed by atoms with E-state index in [2.05, 4.69) is 80.0 Å². The number of nitriles is 1. The van der Waals surface area contributed by atoms with Crippen molar-refractivity contribution >= 4 is 0 Å². The number of pyridine rings is 1. The Labute approximate surface area is 181 Å². The van der Waals surface area contributed by atoms with Gasteiger partial charge in [-0.25, -0.2) is 0 Å². The average molecular weight is 398 g/mol. The van der Waals surface area contributed by atoms with Gasteiger partial charge in [-0.15, -0.1) is 0 Å². The first-order valence-corrected chi connectivity index (χ1v) is 10.7. The number of rotatable bonds is 8. The van der Waals surface area contributed by atoms with Crippen molar-refractivity contribution in [1.29, 1.82) is 5.26 Å². The fourth-order valence-electron chi connectivity index (χ4n) is 4.20. The van der Waals surface area contributed by atoms with Gasteiger partial charge in [-0.3, -0.25) is 9.88 Å². The molecule has 1 heterocycles. The monoisotopic (exact) mass is 397 g/mol. The molecule has 0 aliphatic heterocycles. The fraction of sp³-hybridized carbons (Fsp3) is 0.333. The van der Waals surface area contributed by atoms with Crippen LogP contribution in [0.15, 0.2) is 79.0 Å². The first-order valence-electron chi connectivity index (χ1n) is 10.7. The van der Waals surface area contributed by atoms with E-state index in [4.69, 9.17) is 0 Å². The smallest absolute Gasteiger partial charge is 0.125 e. The van der Waals surface area contributed by atoms with E-state index >= 15 is 0 Å². The van der Waals surface area contributed by atoms with Crippen LogP contribution in [0.2, 0.25) is 0 Å². The molecule has 0 saturated carbocycles. The van der Waals surface area contributed by atoms with Crippen molar-refractivity contribution in [2.75, 3.05) is 6.54 Å². The van der Waals surface area contributed by atoms with E-state index in [0.29, 0.717) is 18.5 Å². The summed E-state index contributed by atoms with van der Waals surface area (Å²) in [5.41, 5.74) is 3.36. The van der Waals surface area contributed by atoms with Crippen molar-refractivity contribution < 1.29 is 0 Å². The summed E-state index contributed by atoms with van der Waals surface area (Å²) < 4.78 is 0. The second-order valence-electron chi connectivity index (χ2n) is 8.35. The standard InChI is InChI=1S/C27H31N3/c1-21(2)30(22(3)4)19-17-27(20-28,26-12-8-9-18-29-26)25-15-13-24(14-16-25)23-10-6-5-7-11-23/h5-16,18,21-22H,17,19H2,1-4H3. The topological polar surface area (TPSA) is 39.9 Å². The molecular weight excluding hydrogens is 366 g/mol. The molecule has 1 unspecified atom stereocenters. The van der Waals surface area contributed by atoms with E-state index in [1.54, 1.807) is 6.20 Å². The summed E-state index contributed by atoms with van der Waals surface area (Å²) in [5, 5.41) is 10.5. The first-order chi connectivity index (χ1) is 14.5. The molecule has 0 bridgehead atoms. The van der Waals surface area contributed by atoms with Crippen molar-refractivity contribution in [3.05, 3.63) is 90.3 Å². The molecule has 0 amide bonds. The lowest BCUT2D eigenvalue weighted by Crippen LogP contribution is -2.41. The van der Waals surface area contributed by atoms with Gasteiger partial charge in [-0.1, -0.05) is 60.7 Å². The molecule has 3 aromatic rings. The minimum absolute atomic E-state index is 0.422. The Kier molecular flexibility index (Phi) is 7.03. The van der Waals surface area contributed by atoms with Crippen LogP contribution < -0.4 is 0 Å². The summed E-state index contributed by atoms with van der Waals surface area (Å²) in [7, 11) is 0. The molecule has 1 atom stereocenters. The van der Waals surface area contributed by atoms with Crippen molar-refractivity contribution in [2.24, 2.45) is 0 Å². The van der Waals surface area contributed by atoms with Crippen LogP contribution in [0.25, 0.3) is 11.1 Å². The van der Waals surface area contributed by atoms with Crippen LogP contribution in [0.4, 0.5) is 0 Å². The molecule has 0 fully saturated rings. The third-order valence-corrected chi connectivity index (χ3v) is 5.85. The van der Waals surface area contributed by atoms with Gasteiger partial charge in [0, 0.05) is 24.8 Å². The molecule has 1 aromatic heterocycles. The van der Waals surface area contributed by atoms with E-state index < -0.39 is 5.41 Å². The highest BCUT2D eigenvalue weighted by atomic mass is 15.2. The predicted molar refractivity (Wildman–Crippen MR) is 124 cm³/mol. The predicted octanol–water partition coefficient (Wildman–Crippen LogP) is 6.07. The quantitative estimate of drug-likeness (QED) is 0.463. The van der Waals surface area contributed by atoms with Gasteiger partial charge in [0.1, 0.15) is 5.41 Å². The zero-order chi connectivity index (χ0) is 21.6. The SMILES string of the molecule is CC(C)N(CCC(C#N)(c1ccc(-c2ccccc2)cc1)c1ccccn1)C(C)C. The largest absolute Gasteiger partial charge is 0.298 e. The van der Waals surface area contributed by atoms with E-state index in [1.807, 2.05) is 36.4 Å². The number of aromatic nitrogens is 1. The van der Waals surface area contributed by atoms with Gasteiger partial charge in [-0.05, 0) is 62.9 Å². The molecule has 0 radical (unpaired) electrons. The van der Waals surface area contributed by atoms with Crippen molar-refractivity contribution in [3.63, 3.8) is 0 Å². The lowest BCUT2D eigenvalue weighted by Gasteiger charge is -2.34. The fourth-order valence-corrected chi connectivity index (χ4v) is 4.20. The highest BCUT2D eigenvalue weighted by Crippen LogP contribution is 2.36. The molecule has 0 aliphatic rings. The summed E-state index contributed by atoms with van der Waals surface area (Å²) in [6.07, 6.45) is 2.48. The van der Waals surface area contributed by atoms with E-state index in [0.717, 1.165) is 23.4 Å². The van der Waals surface area contributed by atoms with E-state index in [-0.39, 0.29) is 0 Å². The third-order valence-electron chi connectivity index (χ3n) is 5.85. The second kappa shape index (κ2) is 9.69. The molecular formula is C27H31N3. The molecule has 2 aromatic carbocycles. The summed E-state index contributed by atoms with van der Waals surface area (Å²) in [5.74, 6) is 0. The Hall–Kier alpha value is -2.96. The van der Waals surface area contributed by atoms with Crippen LogP contribution >= 0.6 is 0 Å². The third kappa shape index (κ3) is 4.61. The maximum Gasteiger partial charge on any atom is 0.125 e. The Morgan fingerprint density at radius 2 is 1.43 bits per heavy atom. The van der Waals surface area contributed by atoms with Gasteiger partial charge in [0.2, 0.25) is 0 Å². The second-order valence-corrected chi connectivity index (χ2v) is 8.35. The van der Waals surface area contributed by atoms with Crippen LogP contribution in [0.3, 0.4) is 0 Å². The lowest BCUT2D eigenvalue weighted by molar-refractivity contribution is 0.166. The van der Waals surface area contributed by atoms with Crippen molar-refractivity contribution in [3.8, 4) is 17.2 Å². The normalized spacial score (nSPS) is 13.4. The zero-order valence-electron chi connectivity index (χ0n) is 18.4. The summed E-state index contributed by atoms with van der Waals surface area (Å²) in [6, 6.07) is 28.1. The maximum atomic E-state index is 10.5. The number of hydrogen-bond acceptors (Lipinski definition) is 3. The van der Waals surface area contributed by atoms with Crippen LogP contribution in [-0.2, 0) is 5.41 Å². The minimum atomic E-state index is -0.779. The van der Waals surface area contributed by atoms with Crippen LogP contribution in [-0.4, -0.2) is 28.5 Å². The van der Waals surface area contributed by atoms with Gasteiger partial charge >= 0.3 is 0 Å². The van der Waals surface area contributed by atoms with Gasteiger partial charge in [0.05, 0.1) is 11.8 Å². The van der Waals surface area contributed by atoms with Crippen LogP contribution in [0.5, 0.6) is 0 Å². The summed E-state index contributed by atoms with van der Waals surface area (Å²) >= 11 is 0. The molecule has 154 valence electrons. The number of hydrogen-bond donors (Lipinski definition) is 0. The van der Waals surface area contributed by atoms with Crippen molar-refractivity contribution in [2.45, 2.75) is 51.6 Å². The zero-order valence-corrected chi connectivity index (χ0v) is 18.4. The minimum Gasteiger partial charge on any atom is -0.298 e. The van der Waals surface area contributed by atoms with Crippen LogP contribution in [0.1, 0.15) is 45.4 Å². The molecule has 30 heavy (non-hydrogen) atoms. The molecule has 3 rings (SSSR count). The summed E-state index contributed by atoms with van der Waals surface area (Å²) in [6.45, 7) is 9.68. The number of nitrogens with zero attached hydrogens (tertiary/aromatic N) is 3. The average Bonchev–Trinajstić information content (AvgIpc) is 2.78. The Morgan fingerprint density at radius 3 is 1.97 bits per heavy atom. The van der Waals surface area contributed by atoms with Crippen molar-refractivity contribution in [1.82, 2.24) is 9.88 Å². The molecule has 3 heteroatoms. The summed E-state index contributed by atoms with van der Waals surface area (Å²) in [4.78, 5) is 7.04. The molecule has 0 saturated heterocycles. The molecule has 0 spiro atoms. The maximum absolute atomic E-state index is 10.5. The van der Waals surface area contributed by atoms with Gasteiger partial charge in [0.25, 0.3) is 0 Å². The highest BCUT2D eigenvalue weighted by molar-refractivity contribution is 5.64.